The molecule has 0 atom stereocenters. The van der Waals surface area contributed by atoms with Crippen LogP contribution in [-0.4, -0.2) is 18.3 Å². The van der Waals surface area contributed by atoms with E-state index in [0.717, 1.165) is 4.79 Å². The Morgan fingerprint density at radius 3 is 2.24 bits per heavy atom. The molecule has 0 unspecified atom stereocenters. The van der Waals surface area contributed by atoms with Crippen molar-refractivity contribution >= 4 is 44.8 Å². The van der Waals surface area contributed by atoms with Crippen molar-refractivity contribution in [1.29, 1.82) is 0 Å². The lowest BCUT2D eigenvalue weighted by molar-refractivity contribution is 0.592. The average molecular weight is 417 g/mol. The van der Waals surface area contributed by atoms with Crippen LogP contribution >= 0.6 is 34.8 Å². The Labute approximate surface area is 160 Å². The third-order valence-corrected chi connectivity index (χ3v) is 5.36. The standard InChI is InChI=1S/C16H12Cl3N3O2S/c17-12-8-6-11(7-9-12)15-10-14(16(18)19)20-22(15)21-25(23,24)13-4-2-1-3-5-13/h1-10,16,21H. The molecule has 0 saturated heterocycles. The molecule has 0 aliphatic heterocycles. The smallest absolute Gasteiger partial charge is 0.200 e. The van der Waals surface area contributed by atoms with Crippen molar-refractivity contribution in [2.45, 2.75) is 9.73 Å². The highest BCUT2D eigenvalue weighted by atomic mass is 35.5. The summed E-state index contributed by atoms with van der Waals surface area (Å²) in [7, 11) is -3.83. The number of aromatic nitrogens is 2. The Morgan fingerprint density at radius 2 is 1.64 bits per heavy atom. The molecule has 0 spiro atoms. The minimum absolute atomic E-state index is 0.113. The lowest BCUT2D eigenvalue weighted by Gasteiger charge is -2.11. The van der Waals surface area contributed by atoms with Crippen LogP contribution in [0.5, 0.6) is 0 Å². The molecule has 2 aromatic carbocycles. The minimum atomic E-state index is -3.83. The van der Waals surface area contributed by atoms with Crippen molar-refractivity contribution in [2.75, 3.05) is 4.83 Å². The van der Waals surface area contributed by atoms with Gasteiger partial charge in [0.15, 0.2) is 4.84 Å². The lowest BCUT2D eigenvalue weighted by atomic mass is 10.1. The molecule has 1 aromatic heterocycles. The van der Waals surface area contributed by atoms with Gasteiger partial charge in [0.05, 0.1) is 16.3 Å². The van der Waals surface area contributed by atoms with Crippen LogP contribution in [0.15, 0.2) is 65.6 Å². The molecule has 25 heavy (non-hydrogen) atoms. The van der Waals surface area contributed by atoms with Crippen LogP contribution in [0.2, 0.25) is 5.02 Å². The van der Waals surface area contributed by atoms with Gasteiger partial charge in [0.25, 0.3) is 10.0 Å². The Balaban J connectivity index is 2.05. The Morgan fingerprint density at radius 1 is 1.00 bits per heavy atom. The molecule has 0 fully saturated rings. The van der Waals surface area contributed by atoms with Crippen molar-refractivity contribution in [3.05, 3.63) is 71.4 Å². The number of hydrogen-bond donors (Lipinski definition) is 1. The highest BCUT2D eigenvalue weighted by Crippen LogP contribution is 2.29. The molecule has 1 heterocycles. The largest absolute Gasteiger partial charge is 0.276 e. The quantitative estimate of drug-likeness (QED) is 0.618. The van der Waals surface area contributed by atoms with Gasteiger partial charge in [-0.2, -0.15) is 23.1 Å². The number of hydrogen-bond acceptors (Lipinski definition) is 3. The molecule has 0 aliphatic rings. The van der Waals surface area contributed by atoms with E-state index in [9.17, 15) is 8.42 Å². The van der Waals surface area contributed by atoms with Crippen molar-refractivity contribution in [3.8, 4) is 11.3 Å². The number of alkyl halides is 2. The normalized spacial score (nSPS) is 11.7. The van der Waals surface area contributed by atoms with E-state index in [-0.39, 0.29) is 4.90 Å². The summed E-state index contributed by atoms with van der Waals surface area (Å²) in [4.78, 5) is 2.78. The Bertz CT molecular complexity index is 972. The summed E-state index contributed by atoms with van der Waals surface area (Å²) in [6.45, 7) is 0. The summed E-state index contributed by atoms with van der Waals surface area (Å²) in [5, 5.41) is 4.71. The molecule has 0 aliphatic carbocycles. The fourth-order valence-corrected chi connectivity index (χ4v) is 3.50. The summed E-state index contributed by atoms with van der Waals surface area (Å²) in [5.41, 5.74) is 1.51. The van der Waals surface area contributed by atoms with Crippen molar-refractivity contribution < 1.29 is 8.42 Å². The molecule has 130 valence electrons. The van der Waals surface area contributed by atoms with Crippen LogP contribution in [0.3, 0.4) is 0 Å². The zero-order chi connectivity index (χ0) is 18.0. The van der Waals surface area contributed by atoms with E-state index in [4.69, 9.17) is 34.8 Å². The second-order valence-corrected chi connectivity index (χ2v) is 8.28. The molecule has 9 heteroatoms. The maximum absolute atomic E-state index is 12.6. The summed E-state index contributed by atoms with van der Waals surface area (Å²) in [6, 6.07) is 16.5. The molecular weight excluding hydrogens is 405 g/mol. The zero-order valence-corrected chi connectivity index (χ0v) is 15.7. The number of benzene rings is 2. The number of sulfonamides is 1. The van der Waals surface area contributed by atoms with E-state index in [1.807, 2.05) is 0 Å². The van der Waals surface area contributed by atoms with Crippen molar-refractivity contribution in [1.82, 2.24) is 9.89 Å². The highest BCUT2D eigenvalue weighted by molar-refractivity contribution is 7.92. The Kier molecular flexibility index (Phi) is 5.24. The summed E-state index contributed by atoms with van der Waals surface area (Å²) in [6.07, 6.45) is 0. The monoisotopic (exact) mass is 415 g/mol. The highest BCUT2D eigenvalue weighted by Gasteiger charge is 2.20. The molecule has 3 aromatic rings. The second kappa shape index (κ2) is 7.25. The molecule has 0 bridgehead atoms. The first-order valence-corrected chi connectivity index (χ1v) is 9.82. The van der Waals surface area contributed by atoms with E-state index in [1.54, 1.807) is 48.5 Å². The molecule has 1 N–H and O–H groups in total. The van der Waals surface area contributed by atoms with Crippen molar-refractivity contribution in [2.24, 2.45) is 0 Å². The molecular formula is C16H12Cl3N3O2S. The summed E-state index contributed by atoms with van der Waals surface area (Å²) < 4.78 is 25.1. The lowest BCUT2D eigenvalue weighted by Crippen LogP contribution is -2.25. The molecule has 0 saturated carbocycles. The molecule has 0 amide bonds. The zero-order valence-electron chi connectivity index (χ0n) is 12.6. The SMILES string of the molecule is O=S(=O)(Nn1nc(C(Cl)Cl)cc1-c1ccc(Cl)cc1)c1ccccc1. The van der Waals surface area contributed by atoms with E-state index >= 15 is 0 Å². The van der Waals surface area contributed by atoms with Gasteiger partial charge < -0.3 is 0 Å². The number of nitrogens with one attached hydrogen (secondary N) is 1. The number of rotatable bonds is 5. The molecule has 0 radical (unpaired) electrons. The van der Waals surface area contributed by atoms with Gasteiger partial charge in [0.1, 0.15) is 0 Å². The number of nitrogens with zero attached hydrogens (tertiary/aromatic N) is 2. The molecule has 3 rings (SSSR count). The van der Waals surface area contributed by atoms with Crippen LogP contribution in [0, 0.1) is 0 Å². The van der Waals surface area contributed by atoms with E-state index in [2.05, 4.69) is 9.93 Å². The van der Waals surface area contributed by atoms with Crippen LogP contribution in [0.25, 0.3) is 11.3 Å². The van der Waals surface area contributed by atoms with Crippen molar-refractivity contribution in [3.63, 3.8) is 0 Å². The van der Waals surface area contributed by atoms with Gasteiger partial charge in [0, 0.05) is 10.6 Å². The van der Waals surface area contributed by atoms with Gasteiger partial charge >= 0.3 is 0 Å². The van der Waals surface area contributed by atoms with Crippen LogP contribution in [0.1, 0.15) is 10.5 Å². The second-order valence-electron chi connectivity index (χ2n) is 5.08. The van der Waals surface area contributed by atoms with Crippen LogP contribution in [-0.2, 0) is 10.0 Å². The van der Waals surface area contributed by atoms with E-state index in [0.29, 0.717) is 22.0 Å². The van der Waals surface area contributed by atoms with Gasteiger partial charge in [-0.25, -0.2) is 0 Å². The topological polar surface area (TPSA) is 64.0 Å². The maximum atomic E-state index is 12.6. The predicted molar refractivity (Wildman–Crippen MR) is 100 cm³/mol. The maximum Gasteiger partial charge on any atom is 0.276 e. The van der Waals surface area contributed by atoms with Gasteiger partial charge in [-0.15, -0.1) is 0 Å². The first-order chi connectivity index (χ1) is 11.9. The molecule has 5 nitrogen and oxygen atoms in total. The van der Waals surface area contributed by atoms with Gasteiger partial charge in [-0.3, -0.25) is 0 Å². The number of halogens is 3. The van der Waals surface area contributed by atoms with E-state index in [1.165, 1.54) is 12.1 Å². The van der Waals surface area contributed by atoms with Crippen LogP contribution in [0.4, 0.5) is 0 Å². The minimum Gasteiger partial charge on any atom is -0.200 e. The fourth-order valence-electron chi connectivity index (χ4n) is 2.17. The van der Waals surface area contributed by atoms with Gasteiger partial charge in [-0.05, 0) is 30.3 Å². The summed E-state index contributed by atoms with van der Waals surface area (Å²) in [5.74, 6) is 0. The first-order valence-electron chi connectivity index (χ1n) is 7.09. The van der Waals surface area contributed by atoms with Gasteiger partial charge in [-0.1, -0.05) is 65.1 Å². The van der Waals surface area contributed by atoms with E-state index < -0.39 is 14.9 Å². The van der Waals surface area contributed by atoms with Crippen LogP contribution < -0.4 is 4.83 Å². The first kappa shape index (κ1) is 18.1. The summed E-state index contributed by atoms with van der Waals surface area (Å²) >= 11 is 17.7. The fraction of sp³-hybridized carbons (Fsp3) is 0.0625. The third kappa shape index (κ3) is 4.10. The average Bonchev–Trinajstić information content (AvgIpc) is 3.00. The van der Waals surface area contributed by atoms with Gasteiger partial charge in [0.2, 0.25) is 0 Å². The third-order valence-electron chi connectivity index (χ3n) is 3.35. The Hall–Kier alpha value is -1.73. The predicted octanol–water partition coefficient (Wildman–Crippen LogP) is 4.61.